The molecule has 86 valence electrons. The van der Waals surface area contributed by atoms with Crippen LogP contribution in [0.25, 0.3) is 0 Å². The molecule has 0 radical (unpaired) electrons. The zero-order valence-corrected chi connectivity index (χ0v) is 10.9. The summed E-state index contributed by atoms with van der Waals surface area (Å²) >= 11 is 3.28. The fraction of sp³-hybridized carbons (Fsp3) is 0.417. The van der Waals surface area contributed by atoms with Crippen LogP contribution in [0.3, 0.4) is 0 Å². The van der Waals surface area contributed by atoms with Crippen molar-refractivity contribution < 1.29 is 4.39 Å². The molecule has 1 unspecified atom stereocenters. The van der Waals surface area contributed by atoms with E-state index in [4.69, 9.17) is 5.26 Å². The lowest BCUT2D eigenvalue weighted by Crippen LogP contribution is -2.18. The molecule has 0 aliphatic rings. The Morgan fingerprint density at radius 2 is 2.19 bits per heavy atom. The number of nitrogens with zero attached hydrogens (tertiary/aromatic N) is 1. The third kappa shape index (κ3) is 3.49. The van der Waals surface area contributed by atoms with Gasteiger partial charge in [0.1, 0.15) is 5.82 Å². The average Bonchev–Trinajstić information content (AvgIpc) is 2.23. The van der Waals surface area contributed by atoms with E-state index in [0.717, 1.165) is 4.47 Å². The van der Waals surface area contributed by atoms with Crippen LogP contribution in [-0.2, 0) is 0 Å². The van der Waals surface area contributed by atoms with Crippen molar-refractivity contribution in [3.63, 3.8) is 0 Å². The molecule has 1 aromatic carbocycles. The zero-order chi connectivity index (χ0) is 12.1. The lowest BCUT2D eigenvalue weighted by atomic mass is 9.97. The number of anilines is 1. The minimum absolute atomic E-state index is 0.113. The second-order valence-electron chi connectivity index (χ2n) is 3.98. The molecule has 0 heterocycles. The monoisotopic (exact) mass is 284 g/mol. The number of hydrogen-bond donors (Lipinski definition) is 1. The van der Waals surface area contributed by atoms with Crippen LogP contribution >= 0.6 is 15.9 Å². The number of benzene rings is 1. The highest BCUT2D eigenvalue weighted by molar-refractivity contribution is 9.10. The van der Waals surface area contributed by atoms with Crippen LogP contribution in [-0.4, -0.2) is 6.54 Å². The molecule has 1 rings (SSSR count). The van der Waals surface area contributed by atoms with Gasteiger partial charge in [0.15, 0.2) is 0 Å². The van der Waals surface area contributed by atoms with Gasteiger partial charge < -0.3 is 5.32 Å². The molecule has 1 aromatic rings. The van der Waals surface area contributed by atoms with Gasteiger partial charge in [-0.1, -0.05) is 29.8 Å². The van der Waals surface area contributed by atoms with Crippen LogP contribution in [0.15, 0.2) is 22.7 Å². The number of nitrogens with one attached hydrogen (secondary N) is 1. The lowest BCUT2D eigenvalue weighted by Gasteiger charge is -2.15. The van der Waals surface area contributed by atoms with Crippen molar-refractivity contribution in [1.82, 2.24) is 0 Å². The largest absolute Gasteiger partial charge is 0.381 e. The van der Waals surface area contributed by atoms with E-state index in [-0.39, 0.29) is 17.7 Å². The van der Waals surface area contributed by atoms with Crippen LogP contribution in [0.4, 0.5) is 10.1 Å². The number of halogens is 2. The summed E-state index contributed by atoms with van der Waals surface area (Å²) in [6.45, 7) is 4.42. The van der Waals surface area contributed by atoms with Gasteiger partial charge in [-0.05, 0) is 24.1 Å². The highest BCUT2D eigenvalue weighted by atomic mass is 79.9. The third-order valence-corrected chi connectivity index (χ3v) is 2.90. The molecule has 16 heavy (non-hydrogen) atoms. The van der Waals surface area contributed by atoms with Gasteiger partial charge in [0.25, 0.3) is 0 Å². The zero-order valence-electron chi connectivity index (χ0n) is 9.30. The van der Waals surface area contributed by atoms with Crippen molar-refractivity contribution >= 4 is 21.6 Å². The van der Waals surface area contributed by atoms with Gasteiger partial charge in [0.05, 0.1) is 17.7 Å². The first kappa shape index (κ1) is 13.0. The van der Waals surface area contributed by atoms with Gasteiger partial charge in [-0.2, -0.15) is 5.26 Å². The van der Waals surface area contributed by atoms with Gasteiger partial charge in [-0.15, -0.1) is 0 Å². The SMILES string of the molecule is CC(C)C(C#N)CNc1cc(Br)ccc1F. The van der Waals surface area contributed by atoms with Crippen molar-refractivity contribution in [1.29, 1.82) is 5.26 Å². The predicted octanol–water partition coefficient (Wildman–Crippen LogP) is 3.80. The topological polar surface area (TPSA) is 35.8 Å². The van der Waals surface area contributed by atoms with Gasteiger partial charge in [-0.3, -0.25) is 0 Å². The Hall–Kier alpha value is -1.08. The maximum Gasteiger partial charge on any atom is 0.146 e. The molecule has 0 spiro atoms. The van der Waals surface area contributed by atoms with Crippen LogP contribution in [0.5, 0.6) is 0 Å². The van der Waals surface area contributed by atoms with Crippen LogP contribution < -0.4 is 5.32 Å². The summed E-state index contributed by atoms with van der Waals surface area (Å²) in [5.74, 6) is -0.158. The Bertz CT molecular complexity index is 398. The maximum absolute atomic E-state index is 13.4. The van der Waals surface area contributed by atoms with E-state index in [0.29, 0.717) is 12.2 Å². The first-order valence-corrected chi connectivity index (χ1v) is 5.92. The number of nitriles is 1. The molecule has 4 heteroatoms. The normalized spacial score (nSPS) is 12.2. The highest BCUT2D eigenvalue weighted by Crippen LogP contribution is 2.21. The molecule has 0 bridgehead atoms. The molecular formula is C12H14BrFN2. The summed E-state index contributed by atoms with van der Waals surface area (Å²) in [5, 5.41) is 11.9. The molecule has 0 saturated carbocycles. The minimum Gasteiger partial charge on any atom is -0.381 e. The Balaban J connectivity index is 2.67. The van der Waals surface area contributed by atoms with E-state index in [2.05, 4.69) is 27.3 Å². The van der Waals surface area contributed by atoms with E-state index in [1.54, 1.807) is 12.1 Å². The molecule has 0 aliphatic heterocycles. The third-order valence-electron chi connectivity index (χ3n) is 2.41. The van der Waals surface area contributed by atoms with Gasteiger partial charge >= 0.3 is 0 Å². The molecule has 0 saturated heterocycles. The van der Waals surface area contributed by atoms with Gasteiger partial charge in [0, 0.05) is 11.0 Å². The van der Waals surface area contributed by atoms with E-state index in [1.165, 1.54) is 6.07 Å². The summed E-state index contributed by atoms with van der Waals surface area (Å²) in [6.07, 6.45) is 0. The Morgan fingerprint density at radius 1 is 1.50 bits per heavy atom. The van der Waals surface area contributed by atoms with Gasteiger partial charge in [-0.25, -0.2) is 4.39 Å². The Morgan fingerprint density at radius 3 is 2.75 bits per heavy atom. The highest BCUT2D eigenvalue weighted by Gasteiger charge is 2.12. The summed E-state index contributed by atoms with van der Waals surface area (Å²) in [4.78, 5) is 0. The molecule has 0 fully saturated rings. The molecule has 1 atom stereocenters. The quantitative estimate of drug-likeness (QED) is 0.913. The van der Waals surface area contributed by atoms with Crippen molar-refractivity contribution in [2.75, 3.05) is 11.9 Å². The summed E-state index contributed by atoms with van der Waals surface area (Å²) in [7, 11) is 0. The van der Waals surface area contributed by atoms with Crippen molar-refractivity contribution in [3.05, 3.63) is 28.5 Å². The summed E-state index contributed by atoms with van der Waals surface area (Å²) in [6, 6.07) is 6.92. The Kier molecular flexibility index (Phi) is 4.75. The predicted molar refractivity (Wildman–Crippen MR) is 66.5 cm³/mol. The molecule has 0 aliphatic carbocycles. The molecule has 0 amide bonds. The smallest absolute Gasteiger partial charge is 0.146 e. The van der Waals surface area contributed by atoms with Crippen LogP contribution in [0.1, 0.15) is 13.8 Å². The molecule has 0 aromatic heterocycles. The molecular weight excluding hydrogens is 271 g/mol. The minimum atomic E-state index is -0.302. The van der Waals surface area contributed by atoms with Crippen LogP contribution in [0.2, 0.25) is 0 Å². The summed E-state index contributed by atoms with van der Waals surface area (Å²) in [5.41, 5.74) is 0.426. The Labute approximate surface area is 104 Å². The second-order valence-corrected chi connectivity index (χ2v) is 4.90. The first-order valence-electron chi connectivity index (χ1n) is 5.13. The van der Waals surface area contributed by atoms with Crippen LogP contribution in [0, 0.1) is 29.0 Å². The van der Waals surface area contributed by atoms with Gasteiger partial charge in [0.2, 0.25) is 0 Å². The van der Waals surface area contributed by atoms with Crippen molar-refractivity contribution in [3.8, 4) is 6.07 Å². The van der Waals surface area contributed by atoms with Crippen molar-refractivity contribution in [2.45, 2.75) is 13.8 Å². The average molecular weight is 285 g/mol. The first-order chi connectivity index (χ1) is 7.54. The number of hydrogen-bond acceptors (Lipinski definition) is 2. The van der Waals surface area contributed by atoms with E-state index >= 15 is 0 Å². The van der Waals surface area contributed by atoms with Crippen molar-refractivity contribution in [2.24, 2.45) is 11.8 Å². The fourth-order valence-corrected chi connectivity index (χ4v) is 1.64. The standard InChI is InChI=1S/C12H14BrFN2/c1-8(2)9(6-15)7-16-12-5-10(13)3-4-11(12)14/h3-5,8-9,16H,7H2,1-2H3. The molecule has 1 N–H and O–H groups in total. The van der Waals surface area contributed by atoms with E-state index in [9.17, 15) is 4.39 Å². The molecule has 2 nitrogen and oxygen atoms in total. The lowest BCUT2D eigenvalue weighted by molar-refractivity contribution is 0.495. The maximum atomic E-state index is 13.4. The van der Waals surface area contributed by atoms with E-state index in [1.807, 2.05) is 13.8 Å². The number of rotatable bonds is 4. The summed E-state index contributed by atoms with van der Waals surface area (Å²) < 4.78 is 14.2. The fourth-order valence-electron chi connectivity index (χ4n) is 1.28. The van der Waals surface area contributed by atoms with E-state index < -0.39 is 0 Å². The second kappa shape index (κ2) is 5.86.